The Morgan fingerprint density at radius 2 is 1.36 bits per heavy atom. The number of nitrogens with zero attached hydrogens (tertiary/aromatic N) is 1. The Balaban J connectivity index is 1.64. The first-order valence-corrected chi connectivity index (χ1v) is 15.6. The zero-order chi connectivity index (χ0) is 28.3. The molecule has 0 heterocycles. The predicted molar refractivity (Wildman–Crippen MR) is 164 cm³/mol. The molecule has 0 N–H and O–H groups in total. The minimum Gasteiger partial charge on any atom is -0.487 e. The van der Waals surface area contributed by atoms with Gasteiger partial charge in [0, 0.05) is 5.56 Å². The number of aryl methyl sites for hydroxylation is 1. The number of unbranched alkanes of at least 4 members (excludes halogenated alkanes) is 9. The van der Waals surface area contributed by atoms with Crippen LogP contribution in [0.2, 0.25) is 0 Å². The molecule has 0 aliphatic carbocycles. The second-order valence-electron chi connectivity index (χ2n) is 12.0. The van der Waals surface area contributed by atoms with E-state index in [0.29, 0.717) is 0 Å². The number of quaternary nitrogens is 1. The Morgan fingerprint density at radius 3 is 1.95 bits per heavy atom. The van der Waals surface area contributed by atoms with Gasteiger partial charge in [-0.25, -0.2) is 0 Å². The van der Waals surface area contributed by atoms with Crippen LogP contribution in [-0.4, -0.2) is 43.8 Å². The number of benzene rings is 2. The highest BCUT2D eigenvalue weighted by molar-refractivity contribution is 5.72. The lowest BCUT2D eigenvalue weighted by molar-refractivity contribution is -0.905. The number of carbonyl (C=O) groups is 1. The van der Waals surface area contributed by atoms with Gasteiger partial charge in [-0.15, -0.1) is 0 Å². The van der Waals surface area contributed by atoms with Crippen molar-refractivity contribution in [3.8, 4) is 5.75 Å². The minimum absolute atomic E-state index is 0.138. The minimum atomic E-state index is -0.175. The van der Waals surface area contributed by atoms with Crippen molar-refractivity contribution in [2.45, 2.75) is 110 Å². The van der Waals surface area contributed by atoms with Crippen molar-refractivity contribution in [3.05, 3.63) is 65.7 Å². The monoisotopic (exact) mass is 538 g/mol. The van der Waals surface area contributed by atoms with E-state index in [9.17, 15) is 4.79 Å². The van der Waals surface area contributed by atoms with Gasteiger partial charge in [-0.3, -0.25) is 4.79 Å². The van der Waals surface area contributed by atoms with Gasteiger partial charge in [0.25, 0.3) is 0 Å². The topological polar surface area (TPSA) is 35.5 Å². The van der Waals surface area contributed by atoms with E-state index < -0.39 is 0 Å². The quantitative estimate of drug-likeness (QED) is 0.0905. The Bertz CT molecular complexity index is 894. The molecule has 2 aromatic rings. The third-order valence-electron chi connectivity index (χ3n) is 7.54. The van der Waals surface area contributed by atoms with Crippen molar-refractivity contribution in [2.24, 2.45) is 5.92 Å². The molecule has 0 spiro atoms. The molecule has 0 saturated carbocycles. The van der Waals surface area contributed by atoms with Crippen molar-refractivity contribution in [2.75, 3.05) is 27.2 Å². The van der Waals surface area contributed by atoms with E-state index in [0.717, 1.165) is 36.2 Å². The van der Waals surface area contributed by atoms with Gasteiger partial charge in [0.2, 0.25) is 0 Å². The third kappa shape index (κ3) is 14.6. The average Bonchev–Trinajstić information content (AvgIpc) is 2.92. The first-order valence-electron chi connectivity index (χ1n) is 15.6. The maximum absolute atomic E-state index is 12.7. The second-order valence-corrected chi connectivity index (χ2v) is 12.0. The van der Waals surface area contributed by atoms with E-state index in [1.54, 1.807) is 0 Å². The summed E-state index contributed by atoms with van der Waals surface area (Å²) in [7, 11) is 4.32. The molecule has 4 nitrogen and oxygen atoms in total. The van der Waals surface area contributed by atoms with E-state index in [4.69, 9.17) is 9.47 Å². The molecular weight excluding hydrogens is 482 g/mol. The van der Waals surface area contributed by atoms with Gasteiger partial charge in [-0.05, 0) is 43.9 Å². The summed E-state index contributed by atoms with van der Waals surface area (Å²) < 4.78 is 12.6. The zero-order valence-corrected chi connectivity index (χ0v) is 25.6. The molecule has 0 radical (unpaired) electrons. The first kappa shape index (κ1) is 32.9. The average molecular weight is 539 g/mol. The van der Waals surface area contributed by atoms with Gasteiger partial charge < -0.3 is 14.0 Å². The summed E-state index contributed by atoms with van der Waals surface area (Å²) in [6, 6.07) is 18.9. The van der Waals surface area contributed by atoms with Crippen LogP contribution in [0, 0.1) is 5.92 Å². The molecule has 2 unspecified atom stereocenters. The third-order valence-corrected chi connectivity index (χ3v) is 7.54. The van der Waals surface area contributed by atoms with Crippen LogP contribution < -0.4 is 4.74 Å². The number of hydrogen-bond acceptors (Lipinski definition) is 3. The second kappa shape index (κ2) is 18.9. The molecule has 4 heteroatoms. The van der Waals surface area contributed by atoms with Gasteiger partial charge in [-0.1, -0.05) is 114 Å². The first-order chi connectivity index (χ1) is 18.8. The lowest BCUT2D eigenvalue weighted by atomic mass is 10.0. The lowest BCUT2D eigenvalue weighted by Gasteiger charge is -2.32. The molecule has 0 aromatic heterocycles. The van der Waals surface area contributed by atoms with E-state index in [2.05, 4.69) is 76.5 Å². The highest BCUT2D eigenvalue weighted by atomic mass is 16.6. The fourth-order valence-electron chi connectivity index (χ4n) is 5.25. The number of hydrogen-bond donors (Lipinski definition) is 0. The Kier molecular flexibility index (Phi) is 15.9. The van der Waals surface area contributed by atoms with Gasteiger partial charge >= 0.3 is 5.97 Å². The summed E-state index contributed by atoms with van der Waals surface area (Å²) in [6.07, 6.45) is 15.4. The molecule has 2 aromatic carbocycles. The molecule has 0 bridgehead atoms. The predicted octanol–water partition coefficient (Wildman–Crippen LogP) is 8.76. The van der Waals surface area contributed by atoms with Crippen LogP contribution in [0.1, 0.15) is 103 Å². The summed E-state index contributed by atoms with van der Waals surface area (Å²) in [5.74, 6) is 0.521. The van der Waals surface area contributed by atoms with Crippen molar-refractivity contribution < 1.29 is 18.8 Å². The van der Waals surface area contributed by atoms with Crippen molar-refractivity contribution >= 4 is 5.97 Å². The maximum Gasteiger partial charge on any atom is 0.314 e. The SMILES string of the molecule is CCCCCCCCCCCCc1ccc(OC(CC)COC(=O)C(C)C[N+](C)(C)Cc2ccccc2)cc1. The van der Waals surface area contributed by atoms with Crippen LogP contribution in [0.15, 0.2) is 54.6 Å². The van der Waals surface area contributed by atoms with Gasteiger partial charge in [-0.2, -0.15) is 0 Å². The van der Waals surface area contributed by atoms with Crippen LogP contribution >= 0.6 is 0 Å². The standard InChI is InChI=1S/C35H56NO3/c1-6-8-9-10-11-12-13-14-15-17-20-31-23-25-34(26-24-31)39-33(7-2)29-38-35(37)30(3)27-36(4,5)28-32-21-18-16-19-22-32/h16,18-19,21-26,30,33H,6-15,17,20,27-29H2,1-5H3/q+1. The molecule has 0 fully saturated rings. The van der Waals surface area contributed by atoms with E-state index in [1.807, 2.05) is 13.0 Å². The summed E-state index contributed by atoms with van der Waals surface area (Å²) in [6.45, 7) is 8.20. The number of rotatable bonds is 21. The van der Waals surface area contributed by atoms with Crippen LogP contribution in [0.5, 0.6) is 5.75 Å². The highest BCUT2D eigenvalue weighted by Crippen LogP contribution is 2.19. The summed E-state index contributed by atoms with van der Waals surface area (Å²) in [5, 5.41) is 0. The molecule has 0 aliphatic heterocycles. The molecular formula is C35H56NO3+. The number of esters is 1. The molecule has 0 saturated heterocycles. The van der Waals surface area contributed by atoms with E-state index >= 15 is 0 Å². The molecule has 2 rings (SSSR count). The lowest BCUT2D eigenvalue weighted by Crippen LogP contribution is -2.44. The van der Waals surface area contributed by atoms with E-state index in [-0.39, 0.29) is 24.6 Å². The van der Waals surface area contributed by atoms with Crippen LogP contribution in [0.25, 0.3) is 0 Å². The van der Waals surface area contributed by atoms with Crippen molar-refractivity contribution in [1.82, 2.24) is 0 Å². The summed E-state index contributed by atoms with van der Waals surface area (Å²) in [4.78, 5) is 12.7. The Labute approximate surface area is 239 Å². The molecule has 0 aliphatic rings. The summed E-state index contributed by atoms with van der Waals surface area (Å²) in [5.41, 5.74) is 2.64. The maximum atomic E-state index is 12.7. The number of ether oxygens (including phenoxy) is 2. The summed E-state index contributed by atoms with van der Waals surface area (Å²) >= 11 is 0. The van der Waals surface area contributed by atoms with Crippen molar-refractivity contribution in [1.29, 1.82) is 0 Å². The van der Waals surface area contributed by atoms with Crippen LogP contribution in [0.4, 0.5) is 0 Å². The molecule has 2 atom stereocenters. The Hall–Kier alpha value is -2.33. The fourth-order valence-corrected chi connectivity index (χ4v) is 5.25. The van der Waals surface area contributed by atoms with E-state index in [1.165, 1.54) is 75.3 Å². The van der Waals surface area contributed by atoms with Gasteiger partial charge in [0.05, 0.1) is 20.6 Å². The zero-order valence-electron chi connectivity index (χ0n) is 25.6. The Morgan fingerprint density at radius 1 is 0.769 bits per heavy atom. The normalized spacial score (nSPS) is 13.2. The molecule has 218 valence electrons. The smallest absolute Gasteiger partial charge is 0.314 e. The largest absolute Gasteiger partial charge is 0.487 e. The highest BCUT2D eigenvalue weighted by Gasteiger charge is 2.26. The van der Waals surface area contributed by atoms with Crippen molar-refractivity contribution in [3.63, 3.8) is 0 Å². The number of carbonyl (C=O) groups excluding carboxylic acids is 1. The molecule has 0 amide bonds. The van der Waals surface area contributed by atoms with Gasteiger partial charge in [0.1, 0.15) is 30.9 Å². The van der Waals surface area contributed by atoms with Crippen LogP contribution in [0.3, 0.4) is 0 Å². The molecule has 39 heavy (non-hydrogen) atoms. The fraction of sp³-hybridized carbons (Fsp3) is 0.629. The van der Waals surface area contributed by atoms with Gasteiger partial charge in [0.15, 0.2) is 0 Å². The van der Waals surface area contributed by atoms with Crippen LogP contribution in [-0.2, 0) is 22.5 Å².